The zero-order valence-electron chi connectivity index (χ0n) is 11.6. The van der Waals surface area contributed by atoms with E-state index in [0.29, 0.717) is 0 Å². The molecule has 0 bridgehead atoms. The van der Waals surface area contributed by atoms with Gasteiger partial charge in [-0.05, 0) is 11.8 Å². The molecule has 0 aliphatic heterocycles. The predicted octanol–water partition coefficient (Wildman–Crippen LogP) is -1.98. The molecule has 0 unspecified atom stereocenters. The lowest BCUT2D eigenvalue weighted by molar-refractivity contribution is -0.462. The highest BCUT2D eigenvalue weighted by Gasteiger charge is 2.16. The van der Waals surface area contributed by atoms with Crippen LogP contribution in [-0.2, 0) is 0 Å². The number of amidine groups is 1. The number of hydrogen-bond donors (Lipinski definition) is 0. The SMILES string of the molecule is C=CCSC(N=C(N(C)C)N(C)C)=[N+](C)C.[Br-]. The third-order valence-electron chi connectivity index (χ3n) is 1.71. The fraction of sp³-hybridized carbons (Fsp3) is 0.636. The number of hydrogen-bond acceptors (Lipinski definition) is 1. The minimum atomic E-state index is 0. The van der Waals surface area contributed by atoms with Gasteiger partial charge in [0.15, 0.2) is 0 Å². The zero-order chi connectivity index (χ0) is 12.7. The van der Waals surface area contributed by atoms with Gasteiger partial charge in [-0.2, -0.15) is 0 Å². The Balaban J connectivity index is 0. The molecule has 0 heterocycles. The van der Waals surface area contributed by atoms with E-state index in [-0.39, 0.29) is 17.0 Å². The summed E-state index contributed by atoms with van der Waals surface area (Å²) in [4.78, 5) is 8.63. The molecule has 0 radical (unpaired) electrons. The standard InChI is InChI=1S/C11H23N4S.BrH/c1-8-9-16-11(15(6)7)12-10(13(2)3)14(4)5;/h8H,1,9H2,2-7H3;1H/q+1;/p-1. The summed E-state index contributed by atoms with van der Waals surface area (Å²) >= 11 is 1.68. The van der Waals surface area contributed by atoms with Crippen molar-refractivity contribution in [2.24, 2.45) is 4.99 Å². The third kappa shape index (κ3) is 7.44. The normalized spacial score (nSPS) is 8.82. The molecule has 0 aromatic carbocycles. The van der Waals surface area contributed by atoms with Gasteiger partial charge in [0, 0.05) is 38.9 Å². The molecule has 0 saturated carbocycles. The lowest BCUT2D eigenvalue weighted by atomic mass is 10.7. The zero-order valence-corrected chi connectivity index (χ0v) is 14.0. The van der Waals surface area contributed by atoms with Gasteiger partial charge in [0.05, 0.1) is 14.1 Å². The van der Waals surface area contributed by atoms with E-state index in [1.165, 1.54) is 0 Å². The van der Waals surface area contributed by atoms with Crippen molar-refractivity contribution in [3.63, 3.8) is 0 Å². The second-order valence-corrected chi connectivity index (χ2v) is 4.96. The first kappa shape index (κ1) is 18.9. The first-order chi connectivity index (χ1) is 7.40. The predicted molar refractivity (Wildman–Crippen MR) is 74.6 cm³/mol. The van der Waals surface area contributed by atoms with E-state index in [1.807, 2.05) is 62.7 Å². The molecule has 100 valence electrons. The summed E-state index contributed by atoms with van der Waals surface area (Å²) in [7, 11) is 12.0. The molecule has 6 heteroatoms. The minimum absolute atomic E-state index is 0. The smallest absolute Gasteiger partial charge is 0.358 e. The molecule has 17 heavy (non-hydrogen) atoms. The van der Waals surface area contributed by atoms with E-state index < -0.39 is 0 Å². The second kappa shape index (κ2) is 9.53. The van der Waals surface area contributed by atoms with Crippen LogP contribution >= 0.6 is 11.8 Å². The molecule has 0 aromatic heterocycles. The largest absolute Gasteiger partial charge is 1.00 e. The van der Waals surface area contributed by atoms with Gasteiger partial charge >= 0.3 is 11.1 Å². The number of nitrogens with zero attached hydrogens (tertiary/aromatic N) is 4. The molecule has 0 amide bonds. The van der Waals surface area contributed by atoms with Crippen LogP contribution in [0.1, 0.15) is 0 Å². The number of aliphatic imine (C=N–C) groups is 1. The number of rotatable bonds is 2. The number of thioether (sulfide) groups is 1. The van der Waals surface area contributed by atoms with Gasteiger partial charge in [-0.15, -0.1) is 6.58 Å². The fourth-order valence-corrected chi connectivity index (χ4v) is 1.75. The first-order valence-electron chi connectivity index (χ1n) is 5.11. The van der Waals surface area contributed by atoms with Crippen LogP contribution in [0.4, 0.5) is 0 Å². The Morgan fingerprint density at radius 3 is 2.00 bits per heavy atom. The molecular formula is C11H23BrN4S. The quantitative estimate of drug-likeness (QED) is 0.254. The lowest BCUT2D eigenvalue weighted by Crippen LogP contribution is -3.00. The summed E-state index contributed by atoms with van der Waals surface area (Å²) in [5.41, 5.74) is 0. The lowest BCUT2D eigenvalue weighted by Gasteiger charge is -2.17. The van der Waals surface area contributed by atoms with Gasteiger partial charge < -0.3 is 26.8 Å². The van der Waals surface area contributed by atoms with Gasteiger partial charge in [-0.3, -0.25) is 4.58 Å². The van der Waals surface area contributed by atoms with Crippen LogP contribution in [0.25, 0.3) is 0 Å². The Bertz CT molecular complexity index is 284. The van der Waals surface area contributed by atoms with Crippen molar-refractivity contribution in [1.82, 2.24) is 9.80 Å². The van der Waals surface area contributed by atoms with Crippen molar-refractivity contribution >= 4 is 22.9 Å². The molecule has 0 aliphatic rings. The second-order valence-electron chi connectivity index (χ2n) is 3.98. The molecule has 0 saturated heterocycles. The number of halogens is 1. The van der Waals surface area contributed by atoms with Gasteiger partial charge in [0.2, 0.25) is 0 Å². The summed E-state index contributed by atoms with van der Waals surface area (Å²) in [6.07, 6.45) is 1.88. The molecule has 0 aromatic rings. The minimum Gasteiger partial charge on any atom is -1.00 e. The molecule has 0 N–H and O–H groups in total. The van der Waals surface area contributed by atoms with Gasteiger partial charge in [0.25, 0.3) is 0 Å². The third-order valence-corrected chi connectivity index (χ3v) is 2.83. The van der Waals surface area contributed by atoms with E-state index >= 15 is 0 Å². The van der Waals surface area contributed by atoms with Crippen LogP contribution in [0.15, 0.2) is 17.6 Å². The van der Waals surface area contributed by atoms with Crippen molar-refractivity contribution < 1.29 is 21.6 Å². The summed E-state index contributed by atoms with van der Waals surface area (Å²) in [6.45, 7) is 3.72. The Morgan fingerprint density at radius 1 is 1.24 bits per heavy atom. The summed E-state index contributed by atoms with van der Waals surface area (Å²) in [6, 6.07) is 0. The highest BCUT2D eigenvalue weighted by atomic mass is 79.9. The van der Waals surface area contributed by atoms with Crippen LogP contribution in [0.2, 0.25) is 0 Å². The Hall–Kier alpha value is -0.490. The molecule has 0 atom stereocenters. The van der Waals surface area contributed by atoms with E-state index in [1.54, 1.807) is 11.8 Å². The Labute approximate surface area is 120 Å². The van der Waals surface area contributed by atoms with Crippen LogP contribution in [0.3, 0.4) is 0 Å². The summed E-state index contributed by atoms with van der Waals surface area (Å²) in [5.74, 6) is 1.80. The summed E-state index contributed by atoms with van der Waals surface area (Å²) in [5, 5.41) is 0.984. The highest BCUT2D eigenvalue weighted by molar-refractivity contribution is 8.13. The van der Waals surface area contributed by atoms with Crippen molar-refractivity contribution in [2.75, 3.05) is 48.0 Å². The average Bonchev–Trinajstić information content (AvgIpc) is 2.16. The van der Waals surface area contributed by atoms with E-state index in [9.17, 15) is 0 Å². The molecule has 0 spiro atoms. The fourth-order valence-electron chi connectivity index (χ4n) is 1.08. The number of guanidine groups is 1. The molecule has 0 fully saturated rings. The maximum Gasteiger partial charge on any atom is 0.358 e. The van der Waals surface area contributed by atoms with Gasteiger partial charge in [-0.25, -0.2) is 0 Å². The Morgan fingerprint density at radius 2 is 1.71 bits per heavy atom. The van der Waals surface area contributed by atoms with E-state index in [2.05, 4.69) is 11.6 Å². The van der Waals surface area contributed by atoms with Crippen molar-refractivity contribution in [3.8, 4) is 0 Å². The van der Waals surface area contributed by atoms with Gasteiger partial charge in [0.1, 0.15) is 0 Å². The maximum absolute atomic E-state index is 4.64. The van der Waals surface area contributed by atoms with Crippen molar-refractivity contribution in [3.05, 3.63) is 12.7 Å². The topological polar surface area (TPSA) is 21.9 Å². The Kier molecular flexibility index (Phi) is 10.6. The molecule has 4 nitrogen and oxygen atoms in total. The average molecular weight is 323 g/mol. The maximum atomic E-state index is 4.64. The van der Waals surface area contributed by atoms with Crippen LogP contribution in [0, 0.1) is 0 Å². The van der Waals surface area contributed by atoms with Crippen LogP contribution < -0.4 is 17.0 Å². The first-order valence-corrected chi connectivity index (χ1v) is 6.10. The summed E-state index contributed by atoms with van der Waals surface area (Å²) < 4.78 is 2.02. The van der Waals surface area contributed by atoms with Crippen LogP contribution in [0.5, 0.6) is 0 Å². The van der Waals surface area contributed by atoms with Crippen molar-refractivity contribution in [2.45, 2.75) is 0 Å². The van der Waals surface area contributed by atoms with Crippen molar-refractivity contribution in [1.29, 1.82) is 0 Å². The highest BCUT2D eigenvalue weighted by Crippen LogP contribution is 2.06. The monoisotopic (exact) mass is 322 g/mol. The van der Waals surface area contributed by atoms with Gasteiger partial charge in [-0.1, -0.05) is 6.08 Å². The molecular weight excluding hydrogens is 300 g/mol. The van der Waals surface area contributed by atoms with Crippen LogP contribution in [-0.4, -0.2) is 73.5 Å². The van der Waals surface area contributed by atoms with E-state index in [0.717, 1.165) is 16.9 Å². The van der Waals surface area contributed by atoms with E-state index in [4.69, 9.17) is 0 Å². The molecule has 0 aliphatic carbocycles. The molecule has 0 rings (SSSR count).